The molecule has 6 unspecified atom stereocenters. The van der Waals surface area contributed by atoms with Gasteiger partial charge in [0, 0.05) is 12.1 Å². The third-order valence-corrected chi connectivity index (χ3v) is 6.09. The highest BCUT2D eigenvalue weighted by atomic mass is 16.3. The number of carbonyl (C=O) groups is 2. The summed E-state index contributed by atoms with van der Waals surface area (Å²) in [7, 11) is 0. The number of nitrogens with one attached hydrogen (secondary N) is 2. The molecule has 130 valence electrons. The van der Waals surface area contributed by atoms with Gasteiger partial charge in [0.05, 0.1) is 18.9 Å². The van der Waals surface area contributed by atoms with Crippen molar-refractivity contribution >= 4 is 11.8 Å². The zero-order valence-corrected chi connectivity index (χ0v) is 13.9. The maximum atomic E-state index is 12.1. The van der Waals surface area contributed by atoms with Crippen molar-refractivity contribution in [1.29, 1.82) is 0 Å². The van der Waals surface area contributed by atoms with Crippen LogP contribution in [0, 0.1) is 23.7 Å². The van der Waals surface area contributed by atoms with E-state index in [1.54, 1.807) is 0 Å². The van der Waals surface area contributed by atoms with E-state index in [1.807, 2.05) is 0 Å². The largest absolute Gasteiger partial charge is 0.392 e. The van der Waals surface area contributed by atoms with Crippen LogP contribution in [0.2, 0.25) is 0 Å². The van der Waals surface area contributed by atoms with Gasteiger partial charge in [-0.25, -0.2) is 0 Å². The molecular formula is C19H26N2O3. The van der Waals surface area contributed by atoms with E-state index in [2.05, 4.69) is 34.9 Å². The average Bonchev–Trinajstić information content (AvgIpc) is 3.27. The zero-order valence-electron chi connectivity index (χ0n) is 13.9. The molecule has 0 radical (unpaired) electrons. The average molecular weight is 330 g/mol. The fourth-order valence-electron chi connectivity index (χ4n) is 4.92. The van der Waals surface area contributed by atoms with E-state index in [-0.39, 0.29) is 36.7 Å². The molecule has 6 atom stereocenters. The molecule has 0 aliphatic heterocycles. The second-order valence-corrected chi connectivity index (χ2v) is 7.97. The van der Waals surface area contributed by atoms with E-state index in [4.69, 9.17) is 0 Å². The maximum absolute atomic E-state index is 12.1. The van der Waals surface area contributed by atoms with Gasteiger partial charge in [-0.3, -0.25) is 9.59 Å². The van der Waals surface area contributed by atoms with Gasteiger partial charge in [0.15, 0.2) is 0 Å². The van der Waals surface area contributed by atoms with E-state index in [0.717, 1.165) is 25.7 Å². The molecule has 0 spiro atoms. The van der Waals surface area contributed by atoms with Crippen molar-refractivity contribution in [1.82, 2.24) is 10.6 Å². The third-order valence-electron chi connectivity index (χ3n) is 6.09. The maximum Gasteiger partial charge on any atom is 0.222 e. The molecule has 0 aromatic carbocycles. The van der Waals surface area contributed by atoms with Gasteiger partial charge >= 0.3 is 0 Å². The summed E-state index contributed by atoms with van der Waals surface area (Å²) in [5.74, 6) is 1.81. The van der Waals surface area contributed by atoms with Crippen LogP contribution in [0.15, 0.2) is 24.3 Å². The summed E-state index contributed by atoms with van der Waals surface area (Å²) in [5, 5.41) is 16.1. The molecule has 2 saturated carbocycles. The monoisotopic (exact) mass is 330 g/mol. The summed E-state index contributed by atoms with van der Waals surface area (Å²) < 4.78 is 0. The minimum atomic E-state index is -0.909. The second-order valence-electron chi connectivity index (χ2n) is 7.97. The van der Waals surface area contributed by atoms with Crippen molar-refractivity contribution in [3.05, 3.63) is 24.3 Å². The van der Waals surface area contributed by atoms with Crippen LogP contribution >= 0.6 is 0 Å². The first kappa shape index (κ1) is 15.9. The predicted molar refractivity (Wildman–Crippen MR) is 89.8 cm³/mol. The van der Waals surface area contributed by atoms with Gasteiger partial charge in [0.25, 0.3) is 0 Å². The van der Waals surface area contributed by atoms with E-state index in [9.17, 15) is 14.7 Å². The summed E-state index contributed by atoms with van der Waals surface area (Å²) in [5.41, 5.74) is 0. The minimum absolute atomic E-state index is 0.00163. The van der Waals surface area contributed by atoms with Crippen molar-refractivity contribution in [3.8, 4) is 0 Å². The standard InChI is InChI=1S/C19H26N2O3/c22-15(9-18(23)20-16-7-11-1-3-13(16)5-11)10-19(24)21-17-8-12-2-4-14(17)6-12/h1-4,11-17,22H,5-10H2,(H,20,23)(H,21,24). The van der Waals surface area contributed by atoms with Gasteiger partial charge in [-0.1, -0.05) is 24.3 Å². The fourth-order valence-corrected chi connectivity index (χ4v) is 4.92. The minimum Gasteiger partial charge on any atom is -0.392 e. The Morgan fingerprint density at radius 2 is 1.29 bits per heavy atom. The number of fused-ring (bicyclic) bond motifs is 4. The van der Waals surface area contributed by atoms with Crippen molar-refractivity contribution in [2.45, 2.75) is 56.7 Å². The Balaban J connectivity index is 1.18. The van der Waals surface area contributed by atoms with Crippen LogP contribution < -0.4 is 10.6 Å². The van der Waals surface area contributed by atoms with Crippen LogP contribution in [-0.2, 0) is 9.59 Å². The molecular weight excluding hydrogens is 304 g/mol. The van der Waals surface area contributed by atoms with Crippen LogP contribution in [0.25, 0.3) is 0 Å². The lowest BCUT2D eigenvalue weighted by Gasteiger charge is -2.22. The van der Waals surface area contributed by atoms with E-state index in [0.29, 0.717) is 23.7 Å². The topological polar surface area (TPSA) is 78.4 Å². The summed E-state index contributed by atoms with van der Waals surface area (Å²) in [4.78, 5) is 24.2. The van der Waals surface area contributed by atoms with Gasteiger partial charge in [0.1, 0.15) is 0 Å². The number of aliphatic hydroxyl groups is 1. The van der Waals surface area contributed by atoms with Gasteiger partial charge in [0.2, 0.25) is 11.8 Å². The Morgan fingerprint density at radius 3 is 1.62 bits per heavy atom. The smallest absolute Gasteiger partial charge is 0.222 e. The predicted octanol–water partition coefficient (Wildman–Crippen LogP) is 1.29. The van der Waals surface area contributed by atoms with E-state index < -0.39 is 6.10 Å². The number of allylic oxidation sites excluding steroid dienone is 2. The lowest BCUT2D eigenvalue weighted by atomic mass is 10.0. The van der Waals surface area contributed by atoms with Crippen molar-refractivity contribution < 1.29 is 14.7 Å². The molecule has 0 saturated heterocycles. The number of rotatable bonds is 6. The second kappa shape index (κ2) is 6.36. The normalized spacial score (nSPS) is 39.4. The van der Waals surface area contributed by atoms with Gasteiger partial charge in [-0.05, 0) is 49.4 Å². The molecule has 4 rings (SSSR count). The van der Waals surface area contributed by atoms with E-state index in [1.165, 1.54) is 0 Å². The SMILES string of the molecule is O=C(CC(O)CC(=O)NC1CC2C=CC1C2)NC1CC2C=CC1C2. The van der Waals surface area contributed by atoms with E-state index >= 15 is 0 Å². The summed E-state index contributed by atoms with van der Waals surface area (Å²) in [6.07, 6.45) is 12.2. The van der Waals surface area contributed by atoms with Crippen LogP contribution in [0.1, 0.15) is 38.5 Å². The number of hydrogen-bond acceptors (Lipinski definition) is 3. The van der Waals surface area contributed by atoms with Crippen LogP contribution in [-0.4, -0.2) is 35.1 Å². The molecule has 4 aliphatic rings. The highest BCUT2D eigenvalue weighted by Crippen LogP contribution is 2.39. The van der Waals surface area contributed by atoms with Crippen molar-refractivity contribution in [2.24, 2.45) is 23.7 Å². The molecule has 4 aliphatic carbocycles. The lowest BCUT2D eigenvalue weighted by molar-refractivity contribution is -0.126. The Hall–Kier alpha value is -1.62. The first-order chi connectivity index (χ1) is 11.6. The molecule has 2 fully saturated rings. The lowest BCUT2D eigenvalue weighted by Crippen LogP contribution is -2.41. The summed E-state index contributed by atoms with van der Waals surface area (Å²) in [6, 6.07) is 0.406. The number of hydrogen-bond donors (Lipinski definition) is 3. The molecule has 3 N–H and O–H groups in total. The zero-order chi connectivity index (χ0) is 16.7. The fraction of sp³-hybridized carbons (Fsp3) is 0.684. The number of amides is 2. The Labute approximate surface area is 142 Å². The van der Waals surface area contributed by atoms with Crippen molar-refractivity contribution in [3.63, 3.8) is 0 Å². The Morgan fingerprint density at radius 1 is 0.833 bits per heavy atom. The van der Waals surface area contributed by atoms with Gasteiger partial charge < -0.3 is 15.7 Å². The highest BCUT2D eigenvalue weighted by Gasteiger charge is 2.37. The van der Waals surface area contributed by atoms with Crippen LogP contribution in [0.5, 0.6) is 0 Å². The van der Waals surface area contributed by atoms with Gasteiger partial charge in [-0.2, -0.15) is 0 Å². The summed E-state index contributed by atoms with van der Waals surface area (Å²) in [6.45, 7) is 0. The molecule has 5 heteroatoms. The Bertz CT molecular complexity index is 535. The van der Waals surface area contributed by atoms with Crippen LogP contribution in [0.3, 0.4) is 0 Å². The highest BCUT2D eigenvalue weighted by molar-refractivity contribution is 5.80. The van der Waals surface area contributed by atoms with Gasteiger partial charge in [-0.15, -0.1) is 0 Å². The third kappa shape index (κ3) is 3.27. The molecule has 0 aromatic rings. The molecule has 4 bridgehead atoms. The number of aliphatic hydroxyl groups excluding tert-OH is 1. The molecule has 5 nitrogen and oxygen atoms in total. The van der Waals surface area contributed by atoms with Crippen LogP contribution in [0.4, 0.5) is 0 Å². The Kier molecular flexibility index (Phi) is 4.21. The first-order valence-corrected chi connectivity index (χ1v) is 9.20. The number of carbonyl (C=O) groups excluding carboxylic acids is 2. The molecule has 2 amide bonds. The first-order valence-electron chi connectivity index (χ1n) is 9.20. The molecule has 0 aromatic heterocycles. The summed E-state index contributed by atoms with van der Waals surface area (Å²) >= 11 is 0. The van der Waals surface area contributed by atoms with Crippen molar-refractivity contribution in [2.75, 3.05) is 0 Å². The molecule has 24 heavy (non-hydrogen) atoms. The quantitative estimate of drug-likeness (QED) is 0.642. The molecule has 0 heterocycles.